The maximum Gasteiger partial charge on any atom is 0.498 e. The van der Waals surface area contributed by atoms with Crippen LogP contribution in [-0.4, -0.2) is 184 Å². The highest BCUT2D eigenvalue weighted by molar-refractivity contribution is 9.10. The number of urea groups is 3. The van der Waals surface area contributed by atoms with Crippen molar-refractivity contribution in [1.82, 2.24) is 44.9 Å². The molecule has 4 aliphatic rings. The van der Waals surface area contributed by atoms with Crippen LogP contribution in [0, 0.1) is 0 Å². The second kappa shape index (κ2) is 32.6. The zero-order valence-electron chi connectivity index (χ0n) is 63.6. The minimum absolute atomic E-state index is 0.109. The lowest BCUT2D eigenvalue weighted by molar-refractivity contribution is 0.00578. The van der Waals surface area contributed by atoms with Gasteiger partial charge in [0, 0.05) is 82.5 Å². The third kappa shape index (κ3) is 19.4. The van der Waals surface area contributed by atoms with Crippen molar-refractivity contribution in [2.45, 2.75) is 161 Å². The number of nitrogens with one attached hydrogen (secondary N) is 2. The summed E-state index contributed by atoms with van der Waals surface area (Å²) in [7, 11) is 4.32. The minimum atomic E-state index is -1.04. The molecule has 4 fully saturated rings. The van der Waals surface area contributed by atoms with E-state index in [-0.39, 0.29) is 36.2 Å². The van der Waals surface area contributed by atoms with Crippen molar-refractivity contribution in [3.63, 3.8) is 0 Å². The average Bonchev–Trinajstić information content (AvgIpc) is 1.64. The molecule has 0 saturated carbocycles. The molecule has 6 amide bonds. The number of hydrogen-bond donors (Lipinski definition) is 5. The topological polar surface area (TPSA) is 279 Å². The number of rotatable bonds is 18. The number of nitrogens with zero attached hydrogens (tertiary/aromatic N) is 10. The minimum Gasteiger partial charge on any atom is -0.497 e. The zero-order chi connectivity index (χ0) is 77.6. The van der Waals surface area contributed by atoms with Crippen molar-refractivity contribution in [2.24, 2.45) is 0 Å². The lowest BCUT2D eigenvalue weighted by Crippen LogP contribution is -2.47. The number of benzene rings is 6. The normalized spacial score (nSPS) is 17.9. The Hall–Kier alpha value is -10.0. The largest absolute Gasteiger partial charge is 0.498 e. The van der Waals surface area contributed by atoms with E-state index in [0.29, 0.717) is 44.7 Å². The molecule has 0 radical (unpaired) electrons. The van der Waals surface area contributed by atoms with Crippen LogP contribution >= 0.6 is 15.9 Å². The SMILES string of the molecule is CC(C)(C)OC(=O)n1cc(B2OC(C)(C)C(C)(C)O2)cn1.COc1cccc(CN2C(=O)N(c3ccc(-c4cn[nH]c4)cc3)CC2C(C)(C)O)c1.COc1cccc(CN2C(=O)N(c3ccc(-c4cn[nH]c4)cc3)CC2C(C)(C)O)c1.COc1cccc(CN2C(=O)N(c3ccc(Br)cc3)CC2C(C)(C)O)c1. The number of anilines is 3. The Kier molecular flexibility index (Phi) is 24.2. The Labute approximate surface area is 634 Å². The summed E-state index contributed by atoms with van der Waals surface area (Å²) in [5, 5.41) is 49.8. The van der Waals surface area contributed by atoms with Crippen LogP contribution in [0.2, 0.25) is 0 Å². The highest BCUT2D eigenvalue weighted by Gasteiger charge is 2.53. The molecule has 3 aromatic heterocycles. The molecule has 9 aromatic rings. The maximum atomic E-state index is 13.3. The maximum absolute atomic E-state index is 13.3. The van der Waals surface area contributed by atoms with E-state index in [1.165, 1.54) is 0 Å². The molecule has 107 heavy (non-hydrogen) atoms. The summed E-state index contributed by atoms with van der Waals surface area (Å²) in [5.41, 5.74) is 5.49. The van der Waals surface area contributed by atoms with Crippen molar-refractivity contribution in [3.8, 4) is 39.5 Å². The summed E-state index contributed by atoms with van der Waals surface area (Å²) in [5.74, 6) is 2.23. The number of hydrogen-bond acceptors (Lipinski definition) is 16. The average molecular weight is 1530 g/mol. The molecule has 0 bridgehead atoms. The molecule has 7 heterocycles. The summed E-state index contributed by atoms with van der Waals surface area (Å²) in [6, 6.07) is 44.8. The Balaban J connectivity index is 0.000000154. The number of amides is 6. The van der Waals surface area contributed by atoms with Gasteiger partial charge in [0.05, 0.1) is 99.5 Å². The van der Waals surface area contributed by atoms with Gasteiger partial charge in [0.15, 0.2) is 0 Å². The van der Waals surface area contributed by atoms with Gasteiger partial charge < -0.3 is 58.3 Å². The van der Waals surface area contributed by atoms with E-state index in [9.17, 15) is 34.5 Å². The quantitative estimate of drug-likeness (QED) is 0.0499. The molecule has 0 aliphatic carbocycles. The van der Waals surface area contributed by atoms with Gasteiger partial charge in [-0.25, -0.2) is 19.2 Å². The van der Waals surface area contributed by atoms with Crippen molar-refractivity contribution < 1.29 is 62.8 Å². The fourth-order valence-corrected chi connectivity index (χ4v) is 13.0. The van der Waals surface area contributed by atoms with Gasteiger partial charge >= 0.3 is 31.3 Å². The Morgan fingerprint density at radius 3 is 1.15 bits per heavy atom. The summed E-state index contributed by atoms with van der Waals surface area (Å²) >= 11 is 3.42. The number of methoxy groups -OCH3 is 3. The lowest BCUT2D eigenvalue weighted by Gasteiger charge is -2.32. The predicted molar refractivity (Wildman–Crippen MR) is 416 cm³/mol. The van der Waals surface area contributed by atoms with Gasteiger partial charge in [0.1, 0.15) is 22.8 Å². The summed E-state index contributed by atoms with van der Waals surface area (Å²) in [4.78, 5) is 62.1. The first-order chi connectivity index (χ1) is 50.4. The van der Waals surface area contributed by atoms with Crippen LogP contribution in [0.25, 0.3) is 22.3 Å². The van der Waals surface area contributed by atoms with Crippen molar-refractivity contribution >= 4 is 69.8 Å². The number of halogens is 1. The van der Waals surface area contributed by atoms with Crippen LogP contribution in [0.15, 0.2) is 187 Å². The summed E-state index contributed by atoms with van der Waals surface area (Å²) in [6.07, 6.45) is 9.80. The number of ether oxygens (including phenoxy) is 4. The number of carbonyl (C=O) groups is 4. The second-order valence-corrected chi connectivity index (χ2v) is 31.4. The van der Waals surface area contributed by atoms with E-state index in [0.717, 1.165) is 82.4 Å². The molecular formula is C80H98BBrN12O13. The van der Waals surface area contributed by atoms with Gasteiger partial charge in [-0.3, -0.25) is 24.9 Å². The Morgan fingerprint density at radius 2 is 0.850 bits per heavy atom. The van der Waals surface area contributed by atoms with E-state index < -0.39 is 46.8 Å². The highest BCUT2D eigenvalue weighted by atomic mass is 79.9. The number of aromatic amines is 2. The summed E-state index contributed by atoms with van der Waals surface area (Å²) < 4.78 is 35.1. The molecule has 0 spiro atoms. The zero-order valence-corrected chi connectivity index (χ0v) is 65.2. The first-order valence-corrected chi connectivity index (χ1v) is 36.1. The molecule has 13 rings (SSSR count). The molecule has 566 valence electrons. The Bertz CT molecular complexity index is 4290. The number of aromatic nitrogens is 6. The van der Waals surface area contributed by atoms with E-state index in [4.69, 9.17) is 28.3 Å². The highest BCUT2D eigenvalue weighted by Crippen LogP contribution is 2.39. The first kappa shape index (κ1) is 79.5. The molecule has 4 saturated heterocycles. The fourth-order valence-electron chi connectivity index (χ4n) is 12.8. The first-order valence-electron chi connectivity index (χ1n) is 35.3. The van der Waals surface area contributed by atoms with Crippen LogP contribution in [0.4, 0.5) is 36.2 Å². The van der Waals surface area contributed by atoms with Crippen molar-refractivity contribution in [2.75, 3.05) is 55.7 Å². The molecule has 3 unspecified atom stereocenters. The fraction of sp³-hybridized carbons (Fsp3) is 0.388. The number of carbonyl (C=O) groups excluding carboxylic acids is 4. The smallest absolute Gasteiger partial charge is 0.497 e. The van der Waals surface area contributed by atoms with Gasteiger partial charge in [-0.2, -0.15) is 20.0 Å². The van der Waals surface area contributed by atoms with Crippen LogP contribution in [-0.2, 0) is 33.7 Å². The second-order valence-electron chi connectivity index (χ2n) is 30.5. The molecule has 25 nitrogen and oxygen atoms in total. The Morgan fingerprint density at radius 1 is 0.514 bits per heavy atom. The van der Waals surface area contributed by atoms with E-state index >= 15 is 0 Å². The van der Waals surface area contributed by atoms with Crippen molar-refractivity contribution in [1.29, 1.82) is 0 Å². The summed E-state index contributed by atoms with van der Waals surface area (Å²) in [6.45, 7) is 26.3. The van der Waals surface area contributed by atoms with Crippen molar-refractivity contribution in [3.05, 3.63) is 204 Å². The molecular weight excluding hydrogens is 1430 g/mol. The molecule has 6 aromatic carbocycles. The van der Waals surface area contributed by atoms with Crippen LogP contribution in [0.5, 0.6) is 17.2 Å². The van der Waals surface area contributed by atoms with Gasteiger partial charge in [0.2, 0.25) is 0 Å². The molecule has 3 atom stereocenters. The molecule has 4 aliphatic heterocycles. The van der Waals surface area contributed by atoms with E-state index in [1.807, 2.05) is 206 Å². The van der Waals surface area contributed by atoms with Gasteiger partial charge in [0.25, 0.3) is 0 Å². The number of aliphatic hydroxyl groups is 3. The standard InChI is InChI=1S/2C23H26N4O3.C20H23BrN2O3.C14H23BN2O4/c2*1-23(2,29)21-15-26(19-9-7-17(8-10-19)18-12-24-25-13-18)22(28)27(21)14-16-5-4-6-20(11-16)30-3;1-20(2,25)18-13-22(16-9-7-15(21)8-10-16)19(24)23(18)12-14-5-4-6-17(11-14)26-3;1-12(2,3)19-11(18)17-9-10(8-16-17)15-20-13(4,5)14(6,7)21-15/h2*4-13,21,29H,14-15H2,1-3H3,(H,24,25);4-11,18,25H,12-13H2,1-3H3;8-9H,1-7H3. The van der Waals surface area contributed by atoms with Crippen LogP contribution in [0.1, 0.15) is 107 Å². The van der Waals surface area contributed by atoms with Crippen LogP contribution in [0.3, 0.4) is 0 Å². The number of H-pyrrole nitrogens is 2. The van der Waals surface area contributed by atoms with Crippen LogP contribution < -0.4 is 34.4 Å². The van der Waals surface area contributed by atoms with E-state index in [1.54, 1.807) is 117 Å². The van der Waals surface area contributed by atoms with Gasteiger partial charge in [-0.1, -0.05) is 76.6 Å². The van der Waals surface area contributed by atoms with Gasteiger partial charge in [-0.05, 0) is 203 Å². The molecule has 5 N–H and O–H groups in total. The van der Waals surface area contributed by atoms with Gasteiger partial charge in [-0.15, -0.1) is 0 Å². The molecule has 27 heteroatoms. The van der Waals surface area contributed by atoms with E-state index in [2.05, 4.69) is 41.4 Å². The third-order valence-corrected chi connectivity index (χ3v) is 19.9. The monoisotopic (exact) mass is 1520 g/mol. The predicted octanol–water partition coefficient (Wildman–Crippen LogP) is 13.3. The lowest BCUT2D eigenvalue weighted by atomic mass is 9.82. The third-order valence-electron chi connectivity index (χ3n) is 19.4.